The summed E-state index contributed by atoms with van der Waals surface area (Å²) in [5.41, 5.74) is -2.39. The molecular formula is C8H8O3U. The molecule has 0 aliphatic heterocycles. The van der Waals surface area contributed by atoms with Crippen LogP contribution in [0.1, 0.15) is 12.5 Å². The molecule has 0 heterocycles. The first kappa shape index (κ1) is 14.3. The van der Waals surface area contributed by atoms with Gasteiger partial charge >= 0.3 is 31.1 Å². The van der Waals surface area contributed by atoms with Gasteiger partial charge in [0.15, 0.2) is 0 Å². The molecule has 0 fully saturated rings. The third-order valence-electron chi connectivity index (χ3n) is 1.05. The second-order valence-corrected chi connectivity index (χ2v) is 1.74. The fourth-order valence-electron chi connectivity index (χ4n) is 0.557. The van der Waals surface area contributed by atoms with E-state index in [0.717, 1.165) is 0 Å². The third kappa shape index (κ3) is 3.04. The molecule has 0 aromatic heterocycles. The second-order valence-electron chi connectivity index (χ2n) is 1.74. The van der Waals surface area contributed by atoms with Crippen LogP contribution in [0, 0.1) is 51.0 Å². The zero-order valence-electron chi connectivity index (χ0n) is 6.93. The van der Waals surface area contributed by atoms with E-state index in [9.17, 15) is 14.4 Å². The van der Waals surface area contributed by atoms with Gasteiger partial charge in [-0.2, -0.15) is 6.92 Å². The molecule has 0 unspecified atom stereocenters. The zero-order valence-corrected chi connectivity index (χ0v) is 11.1. The summed E-state index contributed by atoms with van der Waals surface area (Å²) in [6, 6.07) is 2.09. The van der Waals surface area contributed by atoms with E-state index in [0.29, 0.717) is 0 Å². The quantitative estimate of drug-likeness (QED) is 0.447. The summed E-state index contributed by atoms with van der Waals surface area (Å²) in [4.78, 5) is 31.1. The van der Waals surface area contributed by atoms with Gasteiger partial charge in [0, 0.05) is 0 Å². The summed E-state index contributed by atoms with van der Waals surface area (Å²) < 4.78 is 0. The topological polar surface area (TPSA) is 51.2 Å². The molecule has 62 valence electrons. The summed E-state index contributed by atoms with van der Waals surface area (Å²) in [7, 11) is 0. The number of hydrogen-bond acceptors (Lipinski definition) is 3. The Bertz CT molecular complexity index is 361. The monoisotopic (exact) mass is 390 g/mol. The van der Waals surface area contributed by atoms with Crippen LogP contribution in [0.5, 0.6) is 0 Å². The summed E-state index contributed by atoms with van der Waals surface area (Å²) >= 11 is 0. The third-order valence-corrected chi connectivity index (χ3v) is 1.05. The molecular weight excluding hydrogens is 382 g/mol. The largest absolute Gasteiger partial charge is 2.00 e. The predicted octanol–water partition coefficient (Wildman–Crippen LogP) is -0.408. The van der Waals surface area contributed by atoms with Crippen LogP contribution in [0.15, 0.2) is 14.4 Å². The minimum Gasteiger partial charge on any atom is -0.375 e. The van der Waals surface area contributed by atoms with Gasteiger partial charge < -0.3 is 21.3 Å². The van der Waals surface area contributed by atoms with Crippen molar-refractivity contribution in [2.45, 2.75) is 13.8 Å². The minimum atomic E-state index is -0.965. The predicted molar refractivity (Wildman–Crippen MR) is 42.2 cm³/mol. The van der Waals surface area contributed by atoms with Crippen molar-refractivity contribution in [1.29, 1.82) is 0 Å². The summed E-state index contributed by atoms with van der Waals surface area (Å²) in [6.45, 7) is 6.39. The van der Waals surface area contributed by atoms with E-state index in [4.69, 9.17) is 0 Å². The normalized spacial score (nSPS) is 7.92. The smallest absolute Gasteiger partial charge is 0.375 e. The number of rotatable bonds is 0. The minimum absolute atomic E-state index is 0. The van der Waals surface area contributed by atoms with Crippen LogP contribution < -0.4 is 16.3 Å². The molecule has 0 amide bonds. The molecule has 0 N–H and O–H groups in total. The van der Waals surface area contributed by atoms with E-state index in [1.165, 1.54) is 6.92 Å². The first-order valence-corrected chi connectivity index (χ1v) is 3.07. The van der Waals surface area contributed by atoms with Gasteiger partial charge in [0.05, 0.1) is 5.43 Å². The van der Waals surface area contributed by atoms with Gasteiger partial charge in [0.25, 0.3) is 0 Å². The molecule has 0 saturated carbocycles. The summed E-state index contributed by atoms with van der Waals surface area (Å²) in [6.07, 6.45) is 0. The van der Waals surface area contributed by atoms with E-state index >= 15 is 0 Å². The number of aryl methyl sites for hydroxylation is 1. The van der Waals surface area contributed by atoms with E-state index in [1.807, 2.05) is 0 Å². The van der Waals surface area contributed by atoms with E-state index in [-0.39, 0.29) is 36.7 Å². The average molecular weight is 390 g/mol. The van der Waals surface area contributed by atoms with Gasteiger partial charge in [0.1, 0.15) is 10.9 Å². The van der Waals surface area contributed by atoms with Crippen molar-refractivity contribution < 1.29 is 31.1 Å². The Labute approximate surface area is 93.9 Å². The Hall–Kier alpha value is -0.198. The maximum absolute atomic E-state index is 10.4. The Morgan fingerprint density at radius 1 is 1.08 bits per heavy atom. The Morgan fingerprint density at radius 3 is 1.58 bits per heavy atom. The molecule has 0 aliphatic rings. The van der Waals surface area contributed by atoms with Gasteiger partial charge in [-0.3, -0.25) is 0 Å². The Morgan fingerprint density at radius 2 is 1.50 bits per heavy atom. The summed E-state index contributed by atoms with van der Waals surface area (Å²) in [5.74, 6) is 0. The van der Waals surface area contributed by atoms with Crippen molar-refractivity contribution in [2.24, 2.45) is 0 Å². The van der Waals surface area contributed by atoms with Crippen molar-refractivity contribution in [3.63, 3.8) is 0 Å². The molecule has 0 saturated heterocycles. The zero-order chi connectivity index (χ0) is 9.02. The SMILES string of the molecule is Cc1[c-]c(=O)c(=O)c1=O.[CH2-]C.[U+2]. The number of hydrogen-bond donors (Lipinski definition) is 0. The van der Waals surface area contributed by atoms with Gasteiger partial charge in [-0.05, 0) is 0 Å². The van der Waals surface area contributed by atoms with Gasteiger partial charge in [0.2, 0.25) is 0 Å². The maximum atomic E-state index is 10.4. The Kier molecular flexibility index (Phi) is 7.56. The molecule has 0 aliphatic carbocycles. The summed E-state index contributed by atoms with van der Waals surface area (Å²) in [5, 5.41) is 0. The van der Waals surface area contributed by atoms with Crippen molar-refractivity contribution in [2.75, 3.05) is 0 Å². The van der Waals surface area contributed by atoms with Crippen LogP contribution in [0.4, 0.5) is 0 Å². The first-order valence-electron chi connectivity index (χ1n) is 3.07. The average Bonchev–Trinajstić information content (AvgIpc) is 2.22. The van der Waals surface area contributed by atoms with Crippen LogP contribution in [0.3, 0.4) is 0 Å². The fraction of sp³-hybridized carbons (Fsp3) is 0.250. The molecule has 4 heteroatoms. The Balaban J connectivity index is 0. The van der Waals surface area contributed by atoms with Crippen molar-refractivity contribution in [3.05, 3.63) is 49.2 Å². The molecule has 1 rings (SSSR count). The van der Waals surface area contributed by atoms with Crippen molar-refractivity contribution in [3.8, 4) is 0 Å². The van der Waals surface area contributed by atoms with Crippen LogP contribution in [-0.4, -0.2) is 0 Å². The standard InChI is InChI=1S/C6H3O3.C2H5.U/c1-3-2-4(7)6(9)5(3)8;1-2;/h1H3;1H2,2H3;/q2*-1;+2. The molecule has 0 radical (unpaired) electrons. The van der Waals surface area contributed by atoms with Crippen LogP contribution in [0.25, 0.3) is 0 Å². The first-order chi connectivity index (χ1) is 5.13. The molecule has 3 nitrogen and oxygen atoms in total. The van der Waals surface area contributed by atoms with Crippen LogP contribution >= 0.6 is 0 Å². The van der Waals surface area contributed by atoms with E-state index in [1.54, 1.807) is 6.92 Å². The van der Waals surface area contributed by atoms with Crippen molar-refractivity contribution >= 4 is 0 Å². The molecule has 1 aromatic carbocycles. The van der Waals surface area contributed by atoms with Crippen LogP contribution in [0.2, 0.25) is 0 Å². The molecule has 1 aromatic rings. The maximum Gasteiger partial charge on any atom is 2.00 e. The molecule has 0 spiro atoms. The molecule has 12 heavy (non-hydrogen) atoms. The van der Waals surface area contributed by atoms with E-state index < -0.39 is 16.3 Å². The van der Waals surface area contributed by atoms with Gasteiger partial charge in [-0.25, -0.2) is 0 Å². The van der Waals surface area contributed by atoms with E-state index in [2.05, 4.69) is 13.0 Å². The van der Waals surface area contributed by atoms with Gasteiger partial charge in [-0.15, -0.1) is 11.6 Å². The van der Waals surface area contributed by atoms with Gasteiger partial charge in [-0.1, -0.05) is 6.92 Å². The second kappa shape index (κ2) is 6.33. The van der Waals surface area contributed by atoms with Crippen LogP contribution in [-0.2, 0) is 0 Å². The molecule has 0 atom stereocenters. The van der Waals surface area contributed by atoms with Crippen molar-refractivity contribution in [1.82, 2.24) is 0 Å². The fourth-order valence-corrected chi connectivity index (χ4v) is 0.557. The molecule has 0 bridgehead atoms.